The maximum absolute atomic E-state index is 13.4. The van der Waals surface area contributed by atoms with Gasteiger partial charge in [0.05, 0.1) is 70.2 Å². The van der Waals surface area contributed by atoms with Crippen molar-refractivity contribution in [2.24, 2.45) is 10.9 Å². The Balaban J connectivity index is 0.000000164. The van der Waals surface area contributed by atoms with Gasteiger partial charge in [0, 0.05) is 66.0 Å². The number of alkyl halides is 12. The molecule has 96 heavy (non-hydrogen) atoms. The zero-order valence-corrected chi connectivity index (χ0v) is 52.7. The standard InChI is InChI=1S/C19H17F3N2O.C18H18F3N3O2.C18H15F3N2O.C15H9BrF3NO/c1-25-16-6-4-13(5-7-16)17-11-15(19(20,21)22)10-14(12-23)18(17)24-8-2-3-9-24;19-18(20,21)12-9-14(11-3-5-13(25)6-4-11)16(24-7-1-2-8-24)15(10-12)17(22)23-26;19-18(20,21)14-9-13(11-22)17(23-7-1-2-8-23)16(10-14)12-3-5-15(24)6-4-12;1-21-12-4-2-9(3-5-12)13-7-11(15(17,18)19)6-10(8-20)14(13)16/h4-7,10-11H,2-3,8-9H2,1H3;3-6,9-10,25-26H,1-2,7-8H2,(H2,22,23);3-6,9-10,24H,1-2,7-8H2;2-7H,1H3. The zero-order valence-electron chi connectivity index (χ0n) is 51.1. The third-order valence-electron chi connectivity index (χ3n) is 15.9. The molecule has 0 unspecified atom stereocenters. The van der Waals surface area contributed by atoms with E-state index < -0.39 is 47.0 Å². The number of rotatable bonds is 10. The molecule has 500 valence electrons. The summed E-state index contributed by atoms with van der Waals surface area (Å²) < 4.78 is 169. The first-order chi connectivity index (χ1) is 45.5. The summed E-state index contributed by atoms with van der Waals surface area (Å²) in [6, 6.07) is 38.8. The fraction of sp³-hybridized carbons (Fsp3) is 0.257. The second kappa shape index (κ2) is 30.4. The molecule has 0 saturated carbocycles. The van der Waals surface area contributed by atoms with E-state index in [4.69, 9.17) is 25.7 Å². The van der Waals surface area contributed by atoms with E-state index >= 15 is 0 Å². The number of nitrogens with zero attached hydrogens (tertiary/aromatic N) is 7. The molecule has 13 nitrogen and oxygen atoms in total. The van der Waals surface area contributed by atoms with Crippen LogP contribution in [0.4, 0.5) is 69.7 Å². The number of oxime groups is 1. The van der Waals surface area contributed by atoms with Crippen molar-refractivity contribution in [3.05, 3.63) is 195 Å². The first-order valence-electron chi connectivity index (χ1n) is 29.5. The summed E-state index contributed by atoms with van der Waals surface area (Å²) in [6.45, 7) is 4.24. The van der Waals surface area contributed by atoms with Crippen molar-refractivity contribution in [1.29, 1.82) is 15.8 Å². The van der Waals surface area contributed by atoms with Gasteiger partial charge >= 0.3 is 24.7 Å². The normalized spacial score (nSPS) is 14.0. The fourth-order valence-electron chi connectivity index (χ4n) is 11.2. The van der Waals surface area contributed by atoms with Gasteiger partial charge in [0.25, 0.3) is 0 Å². The van der Waals surface area contributed by atoms with E-state index in [1.807, 2.05) is 26.8 Å². The number of amidine groups is 1. The lowest BCUT2D eigenvalue weighted by Crippen LogP contribution is -2.25. The van der Waals surface area contributed by atoms with Gasteiger partial charge in [-0.15, -0.1) is 0 Å². The van der Waals surface area contributed by atoms with Crippen LogP contribution in [0.1, 0.15) is 83.0 Å². The van der Waals surface area contributed by atoms with Crippen LogP contribution < -0.4 is 29.9 Å². The van der Waals surface area contributed by atoms with E-state index in [0.29, 0.717) is 104 Å². The number of nitrogens with two attached hydrogens (primary N) is 1. The molecular formula is C70H59BrF12N8O5. The van der Waals surface area contributed by atoms with Crippen LogP contribution in [0.25, 0.3) is 44.5 Å². The molecule has 5 N–H and O–H groups in total. The maximum atomic E-state index is 13.4. The lowest BCUT2D eigenvalue weighted by atomic mass is 9.95. The van der Waals surface area contributed by atoms with Crippen LogP contribution in [0, 0.1) is 34.0 Å². The van der Waals surface area contributed by atoms with Gasteiger partial charge in [-0.2, -0.15) is 68.5 Å². The summed E-state index contributed by atoms with van der Waals surface area (Å²) in [7, 11) is 3.03. The highest BCUT2D eigenvalue weighted by Crippen LogP contribution is 2.46. The van der Waals surface area contributed by atoms with Gasteiger partial charge in [0.15, 0.2) is 5.84 Å². The van der Waals surface area contributed by atoms with Crippen LogP contribution in [0.3, 0.4) is 0 Å². The molecule has 3 heterocycles. The molecule has 3 fully saturated rings. The molecule has 0 amide bonds. The van der Waals surface area contributed by atoms with E-state index in [0.717, 1.165) is 100 Å². The number of halogens is 13. The topological polar surface area (TPSA) is 199 Å². The second-order valence-electron chi connectivity index (χ2n) is 22.1. The number of benzene rings is 8. The number of hydrogen-bond acceptors (Lipinski definition) is 12. The van der Waals surface area contributed by atoms with Crippen molar-refractivity contribution in [3.8, 4) is 85.7 Å². The van der Waals surface area contributed by atoms with E-state index in [-0.39, 0.29) is 39.6 Å². The van der Waals surface area contributed by atoms with Gasteiger partial charge < -0.3 is 45.3 Å². The highest BCUT2D eigenvalue weighted by Gasteiger charge is 2.38. The third-order valence-corrected chi connectivity index (χ3v) is 16.7. The maximum Gasteiger partial charge on any atom is 0.416 e. The molecule has 3 aliphatic heterocycles. The predicted octanol–water partition coefficient (Wildman–Crippen LogP) is 18.2. The Morgan fingerprint density at radius 1 is 0.427 bits per heavy atom. The minimum absolute atomic E-state index is 0.0140. The number of phenols is 2. The molecule has 3 saturated heterocycles. The largest absolute Gasteiger partial charge is 0.508 e. The fourth-order valence-corrected chi connectivity index (χ4v) is 11.8. The molecule has 8 aromatic carbocycles. The smallest absolute Gasteiger partial charge is 0.416 e. The van der Waals surface area contributed by atoms with Crippen LogP contribution in [-0.4, -0.2) is 74.7 Å². The molecular weight excluding hydrogens is 1340 g/mol. The van der Waals surface area contributed by atoms with Crippen LogP contribution in [0.15, 0.2) is 155 Å². The number of hydrogen-bond donors (Lipinski definition) is 4. The van der Waals surface area contributed by atoms with Crippen molar-refractivity contribution >= 4 is 38.8 Å². The van der Waals surface area contributed by atoms with Crippen molar-refractivity contribution in [2.75, 3.05) is 68.2 Å². The number of ether oxygens (including phenoxy) is 2. The van der Waals surface area contributed by atoms with Crippen LogP contribution in [-0.2, 0) is 24.7 Å². The Hall–Kier alpha value is -10.3. The van der Waals surface area contributed by atoms with Crippen molar-refractivity contribution < 1.29 is 77.6 Å². The summed E-state index contributed by atoms with van der Waals surface area (Å²) in [5.74, 6) is 0.897. The quantitative estimate of drug-likeness (QED) is 0.0333. The minimum Gasteiger partial charge on any atom is -0.508 e. The summed E-state index contributed by atoms with van der Waals surface area (Å²) in [5.41, 5.74) is 7.65. The summed E-state index contributed by atoms with van der Waals surface area (Å²) in [5, 5.41) is 58.8. The Kier molecular flexibility index (Phi) is 22.7. The number of anilines is 3. The number of nitriles is 3. The van der Waals surface area contributed by atoms with Gasteiger partial charge in [-0.25, -0.2) is 0 Å². The van der Waals surface area contributed by atoms with E-state index in [1.54, 1.807) is 78.9 Å². The Bertz CT molecular complexity index is 4200. The lowest BCUT2D eigenvalue weighted by Gasteiger charge is -2.26. The first kappa shape index (κ1) is 71.6. The Morgan fingerprint density at radius 2 is 0.698 bits per heavy atom. The highest BCUT2D eigenvalue weighted by molar-refractivity contribution is 9.10. The van der Waals surface area contributed by atoms with E-state index in [9.17, 15) is 73.4 Å². The Morgan fingerprint density at radius 3 is 1.00 bits per heavy atom. The monoisotopic (exact) mass is 1400 g/mol. The van der Waals surface area contributed by atoms with Gasteiger partial charge in [0.2, 0.25) is 0 Å². The summed E-state index contributed by atoms with van der Waals surface area (Å²) in [4.78, 5) is 5.90. The van der Waals surface area contributed by atoms with Gasteiger partial charge in [-0.3, -0.25) is 0 Å². The van der Waals surface area contributed by atoms with Gasteiger partial charge in [-0.05, 0) is 179 Å². The number of aromatic hydroxyl groups is 2. The molecule has 0 atom stereocenters. The van der Waals surface area contributed by atoms with E-state index in [2.05, 4.69) is 21.1 Å². The number of phenolic OH excluding ortho intramolecular Hbond substituents is 2. The van der Waals surface area contributed by atoms with Gasteiger partial charge in [0.1, 0.15) is 41.2 Å². The van der Waals surface area contributed by atoms with Crippen LogP contribution in [0.5, 0.6) is 23.0 Å². The highest BCUT2D eigenvalue weighted by atomic mass is 79.9. The molecule has 0 spiro atoms. The van der Waals surface area contributed by atoms with E-state index in [1.165, 1.54) is 38.5 Å². The molecule has 0 aromatic heterocycles. The molecule has 0 bridgehead atoms. The molecule has 26 heteroatoms. The first-order valence-corrected chi connectivity index (χ1v) is 30.3. The molecule has 11 rings (SSSR count). The molecule has 0 radical (unpaired) electrons. The lowest BCUT2D eigenvalue weighted by molar-refractivity contribution is -0.138. The zero-order chi connectivity index (χ0) is 69.9. The Labute approximate surface area is 552 Å². The predicted molar refractivity (Wildman–Crippen MR) is 343 cm³/mol. The van der Waals surface area contributed by atoms with Crippen molar-refractivity contribution in [3.63, 3.8) is 0 Å². The molecule has 8 aromatic rings. The third kappa shape index (κ3) is 17.2. The molecule has 0 aliphatic carbocycles. The molecule has 3 aliphatic rings. The van der Waals surface area contributed by atoms with Crippen LogP contribution >= 0.6 is 15.9 Å². The summed E-state index contributed by atoms with van der Waals surface area (Å²) >= 11 is 3.19. The van der Waals surface area contributed by atoms with Gasteiger partial charge in [-0.1, -0.05) is 53.7 Å². The number of methoxy groups -OCH3 is 2. The average molecular weight is 1400 g/mol. The summed E-state index contributed by atoms with van der Waals surface area (Å²) in [6.07, 6.45) is -12.5. The van der Waals surface area contributed by atoms with Crippen molar-refractivity contribution in [1.82, 2.24) is 0 Å². The average Bonchev–Trinajstić information content (AvgIpc) is 1.12. The van der Waals surface area contributed by atoms with Crippen molar-refractivity contribution in [2.45, 2.75) is 63.2 Å². The minimum atomic E-state index is -4.58. The second-order valence-corrected chi connectivity index (χ2v) is 22.9. The van der Waals surface area contributed by atoms with Crippen LogP contribution in [0.2, 0.25) is 0 Å². The SMILES string of the molecule is COc1ccc(-c2cc(C(F)(F)F)cc(C#N)c2Br)cc1.COc1ccc(-c2cc(C(F)(F)F)cc(C#N)c2N2CCCC2)cc1.N#Cc1cc(C(F)(F)F)cc(-c2ccc(O)cc2)c1N1CCCC1.N/C(=N\O)c1cc(C(F)(F)F)cc(-c2ccc(O)cc2)c1N1CCCC1.